The first-order valence-corrected chi connectivity index (χ1v) is 8.04. The van der Waals surface area contributed by atoms with E-state index >= 15 is 0 Å². The van der Waals surface area contributed by atoms with E-state index in [4.69, 9.17) is 24.7 Å². The number of ether oxygens (including phenoxy) is 4. The van der Waals surface area contributed by atoms with Crippen LogP contribution in [0.25, 0.3) is 0 Å². The molecule has 1 aromatic carbocycles. The number of hydrogen-bond donors (Lipinski definition) is 2. The second-order valence-electron chi connectivity index (χ2n) is 5.66. The summed E-state index contributed by atoms with van der Waals surface area (Å²) in [5.74, 6) is 1.42. The largest absolute Gasteiger partial charge is 0.493 e. The zero-order valence-corrected chi connectivity index (χ0v) is 15.0. The Morgan fingerprint density at radius 3 is 2.38 bits per heavy atom. The Morgan fingerprint density at radius 2 is 1.88 bits per heavy atom. The molecule has 0 radical (unpaired) electrons. The second-order valence-corrected chi connectivity index (χ2v) is 5.66. The zero-order valence-electron chi connectivity index (χ0n) is 15.0. The second kappa shape index (κ2) is 6.88. The molecular weight excluding hydrogens is 336 g/mol. The molecule has 0 aliphatic carbocycles. The van der Waals surface area contributed by atoms with Gasteiger partial charge in [0.2, 0.25) is 17.5 Å². The predicted octanol–water partition coefficient (Wildman–Crippen LogP) is 2.22. The predicted molar refractivity (Wildman–Crippen MR) is 93.4 cm³/mol. The van der Waals surface area contributed by atoms with Crippen molar-refractivity contribution in [3.05, 3.63) is 40.4 Å². The topological polar surface area (TPSA) is 115 Å². The summed E-state index contributed by atoms with van der Waals surface area (Å²) in [6.07, 6.45) is 0.700. The Kier molecular flexibility index (Phi) is 4.63. The maximum absolute atomic E-state index is 9.69. The van der Waals surface area contributed by atoms with Gasteiger partial charge in [-0.3, -0.25) is 5.10 Å². The number of methoxy groups -OCH3 is 3. The van der Waals surface area contributed by atoms with Gasteiger partial charge in [-0.05, 0) is 24.1 Å². The van der Waals surface area contributed by atoms with Gasteiger partial charge in [-0.2, -0.15) is 5.26 Å². The number of nitrogens with zero attached hydrogens (tertiary/aromatic N) is 2. The van der Waals surface area contributed by atoms with Crippen LogP contribution >= 0.6 is 0 Å². The molecule has 1 unspecified atom stereocenters. The fourth-order valence-corrected chi connectivity index (χ4v) is 3.18. The van der Waals surface area contributed by atoms with Crippen LogP contribution in [0.2, 0.25) is 0 Å². The molecule has 8 heteroatoms. The van der Waals surface area contributed by atoms with Gasteiger partial charge < -0.3 is 24.7 Å². The lowest BCUT2D eigenvalue weighted by Gasteiger charge is -2.25. The molecule has 1 aliphatic rings. The normalized spacial score (nSPS) is 15.7. The highest BCUT2D eigenvalue weighted by Gasteiger charge is 2.35. The smallest absolute Gasteiger partial charge is 0.244 e. The number of fused-ring (bicyclic) bond motifs is 1. The summed E-state index contributed by atoms with van der Waals surface area (Å²) in [5, 5.41) is 16.8. The van der Waals surface area contributed by atoms with Crippen molar-refractivity contribution in [3.8, 4) is 29.2 Å². The van der Waals surface area contributed by atoms with Crippen LogP contribution in [0.15, 0.2) is 23.6 Å². The number of rotatable bonds is 5. The molecule has 1 aliphatic heterocycles. The number of nitrogens with one attached hydrogen (secondary N) is 1. The highest BCUT2D eigenvalue weighted by Crippen LogP contribution is 2.47. The van der Waals surface area contributed by atoms with Crippen LogP contribution in [0.1, 0.15) is 29.7 Å². The van der Waals surface area contributed by atoms with Crippen LogP contribution in [0.5, 0.6) is 23.1 Å². The van der Waals surface area contributed by atoms with E-state index in [1.807, 2.05) is 6.92 Å². The summed E-state index contributed by atoms with van der Waals surface area (Å²) in [6.45, 7) is 1.99. The Labute approximate surface area is 151 Å². The molecule has 2 aromatic rings. The van der Waals surface area contributed by atoms with Gasteiger partial charge in [-0.25, -0.2) is 0 Å². The number of benzene rings is 1. The van der Waals surface area contributed by atoms with Crippen molar-refractivity contribution in [2.75, 3.05) is 21.3 Å². The lowest BCUT2D eigenvalue weighted by molar-refractivity contribution is 0.323. The van der Waals surface area contributed by atoms with Gasteiger partial charge in [-0.15, -0.1) is 5.10 Å². The van der Waals surface area contributed by atoms with Gasteiger partial charge in [-0.1, -0.05) is 6.92 Å². The number of H-pyrrole nitrogens is 1. The highest BCUT2D eigenvalue weighted by atomic mass is 16.5. The minimum Gasteiger partial charge on any atom is -0.493 e. The van der Waals surface area contributed by atoms with Crippen LogP contribution in [0.4, 0.5) is 0 Å². The summed E-state index contributed by atoms with van der Waals surface area (Å²) in [5.41, 5.74) is 8.70. The number of hydrogen-bond acceptors (Lipinski definition) is 7. The standard InChI is InChI=1S/C18H20N4O4/c1-5-11-15-14(10(8-19)17(20)26-18(15)22-21-11)9-6-12(23-2)16(25-4)13(7-9)24-3/h6-7,14H,5,20H2,1-4H3,(H,21,22). The van der Waals surface area contributed by atoms with Gasteiger partial charge >= 0.3 is 0 Å². The first-order chi connectivity index (χ1) is 12.6. The van der Waals surface area contributed by atoms with E-state index in [1.54, 1.807) is 26.4 Å². The summed E-state index contributed by atoms with van der Waals surface area (Å²) >= 11 is 0. The molecule has 0 saturated carbocycles. The first kappa shape index (κ1) is 17.5. The molecule has 0 saturated heterocycles. The van der Waals surface area contributed by atoms with Gasteiger partial charge in [0.1, 0.15) is 11.6 Å². The van der Waals surface area contributed by atoms with Crippen molar-refractivity contribution in [2.24, 2.45) is 5.73 Å². The summed E-state index contributed by atoms with van der Waals surface area (Å²) in [4.78, 5) is 0. The average molecular weight is 356 g/mol. The molecule has 3 N–H and O–H groups in total. The van der Waals surface area contributed by atoms with Gasteiger partial charge in [0, 0.05) is 11.3 Å². The van der Waals surface area contributed by atoms with E-state index in [-0.39, 0.29) is 5.88 Å². The van der Waals surface area contributed by atoms with Crippen LogP contribution in [-0.2, 0) is 6.42 Å². The van der Waals surface area contributed by atoms with Crippen LogP contribution in [0.3, 0.4) is 0 Å². The summed E-state index contributed by atoms with van der Waals surface area (Å²) in [6, 6.07) is 5.77. The van der Waals surface area contributed by atoms with Gasteiger partial charge in [0.05, 0.1) is 27.2 Å². The Balaban J connectivity index is 2.28. The zero-order chi connectivity index (χ0) is 18.8. The van der Waals surface area contributed by atoms with Crippen molar-refractivity contribution in [2.45, 2.75) is 19.3 Å². The highest BCUT2D eigenvalue weighted by molar-refractivity contribution is 5.61. The number of aryl methyl sites for hydroxylation is 1. The average Bonchev–Trinajstić information content (AvgIpc) is 3.07. The van der Waals surface area contributed by atoms with E-state index in [0.29, 0.717) is 35.1 Å². The van der Waals surface area contributed by atoms with E-state index in [2.05, 4.69) is 16.3 Å². The minimum absolute atomic E-state index is 0.0351. The van der Waals surface area contributed by atoms with Crippen LogP contribution < -0.4 is 24.7 Å². The first-order valence-electron chi connectivity index (χ1n) is 8.04. The molecule has 136 valence electrons. The van der Waals surface area contributed by atoms with Crippen LogP contribution in [-0.4, -0.2) is 31.5 Å². The third kappa shape index (κ3) is 2.58. The number of nitriles is 1. The van der Waals surface area contributed by atoms with Crippen molar-refractivity contribution in [3.63, 3.8) is 0 Å². The van der Waals surface area contributed by atoms with Gasteiger partial charge in [0.25, 0.3) is 0 Å². The fourth-order valence-electron chi connectivity index (χ4n) is 3.18. The molecule has 8 nitrogen and oxygen atoms in total. The third-order valence-electron chi connectivity index (χ3n) is 4.39. The summed E-state index contributed by atoms with van der Waals surface area (Å²) < 4.78 is 21.8. The molecule has 3 rings (SSSR count). The molecule has 2 heterocycles. The van der Waals surface area contributed by atoms with E-state index < -0.39 is 5.92 Å². The third-order valence-corrected chi connectivity index (χ3v) is 4.39. The van der Waals surface area contributed by atoms with E-state index in [1.165, 1.54) is 7.11 Å². The molecule has 0 amide bonds. The lowest BCUT2D eigenvalue weighted by atomic mass is 9.83. The van der Waals surface area contributed by atoms with Gasteiger partial charge in [0.15, 0.2) is 11.5 Å². The number of aromatic nitrogens is 2. The molecule has 0 spiro atoms. The number of allylic oxidation sites excluding steroid dienone is 1. The minimum atomic E-state index is -0.453. The molecule has 0 bridgehead atoms. The fraction of sp³-hybridized carbons (Fsp3) is 0.333. The molecule has 1 atom stereocenters. The number of aromatic amines is 1. The van der Waals surface area contributed by atoms with Crippen molar-refractivity contribution < 1.29 is 18.9 Å². The Bertz CT molecular complexity index is 885. The molecular formula is C18H20N4O4. The maximum Gasteiger partial charge on any atom is 0.244 e. The summed E-state index contributed by atoms with van der Waals surface area (Å²) in [7, 11) is 4.62. The van der Waals surface area contributed by atoms with Crippen molar-refractivity contribution in [1.29, 1.82) is 5.26 Å². The maximum atomic E-state index is 9.69. The molecule has 26 heavy (non-hydrogen) atoms. The molecule has 1 aromatic heterocycles. The van der Waals surface area contributed by atoms with Crippen molar-refractivity contribution in [1.82, 2.24) is 10.2 Å². The Hall–Kier alpha value is -3.34. The van der Waals surface area contributed by atoms with E-state index in [9.17, 15) is 5.26 Å². The van der Waals surface area contributed by atoms with Crippen molar-refractivity contribution >= 4 is 0 Å². The van der Waals surface area contributed by atoms with E-state index in [0.717, 1.165) is 16.8 Å². The SMILES string of the molecule is CCc1[nH]nc2c1C(c1cc(OC)c(OC)c(OC)c1)C(C#N)=C(N)O2. The van der Waals surface area contributed by atoms with Crippen LogP contribution in [0, 0.1) is 11.3 Å². The quantitative estimate of drug-likeness (QED) is 0.844. The molecule has 0 fully saturated rings. The number of nitrogens with two attached hydrogens (primary N) is 1. The Morgan fingerprint density at radius 1 is 1.23 bits per heavy atom. The monoisotopic (exact) mass is 356 g/mol. The lowest BCUT2D eigenvalue weighted by Crippen LogP contribution is -2.21.